The summed E-state index contributed by atoms with van der Waals surface area (Å²) in [5.74, 6) is 0.868. The molecule has 1 aliphatic rings. The minimum Gasteiger partial charge on any atom is -0.381 e. The highest BCUT2D eigenvalue weighted by Gasteiger charge is 2.48. The first kappa shape index (κ1) is 17.2. The van der Waals surface area contributed by atoms with Gasteiger partial charge in [-0.1, -0.05) is 13.8 Å². The highest BCUT2D eigenvalue weighted by Crippen LogP contribution is 2.42. The van der Waals surface area contributed by atoms with Gasteiger partial charge in [-0.2, -0.15) is 0 Å². The highest BCUT2D eigenvalue weighted by molar-refractivity contribution is 5.80. The van der Waals surface area contributed by atoms with Crippen LogP contribution in [0.5, 0.6) is 0 Å². The summed E-state index contributed by atoms with van der Waals surface area (Å²) in [6.07, 6.45) is 1.36. The predicted octanol–water partition coefficient (Wildman–Crippen LogP) is 1.31. The summed E-state index contributed by atoms with van der Waals surface area (Å²) in [5.41, 5.74) is 0.227. The van der Waals surface area contributed by atoms with Crippen molar-refractivity contribution < 1.29 is 4.74 Å². The Morgan fingerprint density at radius 2 is 2.00 bits per heavy atom. The van der Waals surface area contributed by atoms with Crippen molar-refractivity contribution in [2.75, 3.05) is 34.8 Å². The van der Waals surface area contributed by atoms with Crippen LogP contribution < -0.4 is 10.6 Å². The van der Waals surface area contributed by atoms with Crippen molar-refractivity contribution in [2.45, 2.75) is 51.8 Å². The van der Waals surface area contributed by atoms with Crippen molar-refractivity contribution in [3.63, 3.8) is 0 Å². The fourth-order valence-corrected chi connectivity index (χ4v) is 2.35. The van der Waals surface area contributed by atoms with Gasteiger partial charge in [0.2, 0.25) is 0 Å². The Morgan fingerprint density at radius 3 is 2.40 bits per heavy atom. The number of aliphatic imine (C=N–C) groups is 1. The third-order valence-electron chi connectivity index (χ3n) is 4.90. The Balaban J connectivity index is 2.50. The average Bonchev–Trinajstić information content (AvgIpc) is 2.36. The number of rotatable bonds is 5. The monoisotopic (exact) mass is 284 g/mol. The minimum atomic E-state index is 0.0851. The normalized spacial score (nSPS) is 26.4. The Hall–Kier alpha value is -0.810. The van der Waals surface area contributed by atoms with E-state index in [1.165, 1.54) is 0 Å². The molecule has 0 radical (unpaired) electrons. The molecule has 1 fully saturated rings. The molecule has 0 saturated heterocycles. The molecular weight excluding hydrogens is 252 g/mol. The van der Waals surface area contributed by atoms with Crippen LogP contribution in [0.15, 0.2) is 4.99 Å². The molecule has 0 aromatic heterocycles. The maximum absolute atomic E-state index is 5.49. The smallest absolute Gasteiger partial charge is 0.191 e. The molecule has 5 heteroatoms. The van der Waals surface area contributed by atoms with Crippen molar-refractivity contribution in [3.8, 4) is 0 Å². The topological polar surface area (TPSA) is 48.9 Å². The van der Waals surface area contributed by atoms with E-state index in [-0.39, 0.29) is 11.0 Å². The van der Waals surface area contributed by atoms with Crippen LogP contribution in [-0.2, 0) is 4.74 Å². The van der Waals surface area contributed by atoms with E-state index in [0.29, 0.717) is 12.1 Å². The van der Waals surface area contributed by atoms with Crippen molar-refractivity contribution >= 4 is 5.96 Å². The second kappa shape index (κ2) is 6.31. The molecule has 0 amide bonds. The second-order valence-corrected chi connectivity index (χ2v) is 7.11. The van der Waals surface area contributed by atoms with Gasteiger partial charge >= 0.3 is 0 Å². The maximum Gasteiger partial charge on any atom is 0.191 e. The van der Waals surface area contributed by atoms with E-state index in [0.717, 1.165) is 18.9 Å². The van der Waals surface area contributed by atoms with Crippen LogP contribution in [0.4, 0.5) is 0 Å². The van der Waals surface area contributed by atoms with Crippen molar-refractivity contribution in [1.82, 2.24) is 15.5 Å². The van der Waals surface area contributed by atoms with Crippen LogP contribution in [0.1, 0.15) is 34.1 Å². The van der Waals surface area contributed by atoms with Gasteiger partial charge in [-0.3, -0.25) is 4.99 Å². The lowest BCUT2D eigenvalue weighted by Crippen LogP contribution is -2.64. The number of methoxy groups -OCH3 is 1. The van der Waals surface area contributed by atoms with E-state index >= 15 is 0 Å². The zero-order valence-electron chi connectivity index (χ0n) is 14.4. The fraction of sp³-hybridized carbons (Fsp3) is 0.933. The molecule has 20 heavy (non-hydrogen) atoms. The van der Waals surface area contributed by atoms with Crippen LogP contribution in [0.25, 0.3) is 0 Å². The molecule has 0 bridgehead atoms. The first-order chi connectivity index (χ1) is 9.15. The molecule has 2 N–H and O–H groups in total. The number of ether oxygens (including phenoxy) is 1. The summed E-state index contributed by atoms with van der Waals surface area (Å²) in [4.78, 5) is 6.53. The van der Waals surface area contributed by atoms with E-state index < -0.39 is 0 Å². The third-order valence-corrected chi connectivity index (χ3v) is 4.90. The number of likely N-dealkylation sites (N-methyl/N-ethyl adjacent to an activating group) is 1. The molecular formula is C15H32N4O. The van der Waals surface area contributed by atoms with E-state index in [1.807, 2.05) is 7.05 Å². The molecule has 1 rings (SSSR count). The van der Waals surface area contributed by atoms with Gasteiger partial charge in [-0.25, -0.2) is 0 Å². The predicted molar refractivity (Wildman–Crippen MR) is 85.2 cm³/mol. The van der Waals surface area contributed by atoms with E-state index in [4.69, 9.17) is 4.74 Å². The second-order valence-electron chi connectivity index (χ2n) is 7.11. The summed E-state index contributed by atoms with van der Waals surface area (Å²) >= 11 is 0. The lowest BCUT2D eigenvalue weighted by atomic mass is 9.64. The standard InChI is InChI=1S/C15H32N4O/c1-14(2,19(6)7)10-17-13(16-5)18-11-9-12(20-8)15(11,3)4/h11-12H,9-10H2,1-8H3,(H2,16,17,18). The van der Waals surface area contributed by atoms with Crippen LogP contribution in [-0.4, -0.2) is 63.3 Å². The molecule has 0 aromatic rings. The molecule has 2 atom stereocenters. The third kappa shape index (κ3) is 3.64. The van der Waals surface area contributed by atoms with Crippen LogP contribution in [0.2, 0.25) is 0 Å². The molecule has 0 heterocycles. The molecule has 5 nitrogen and oxygen atoms in total. The summed E-state index contributed by atoms with van der Waals surface area (Å²) in [6.45, 7) is 9.74. The van der Waals surface area contributed by atoms with Crippen molar-refractivity contribution in [1.29, 1.82) is 0 Å². The Labute approximate surface area is 124 Å². The zero-order valence-corrected chi connectivity index (χ0v) is 14.4. The number of hydrogen-bond acceptors (Lipinski definition) is 3. The SMILES string of the molecule is CN=C(NCC(C)(C)N(C)C)NC1CC(OC)C1(C)C. The molecule has 0 aromatic carbocycles. The highest BCUT2D eigenvalue weighted by atomic mass is 16.5. The first-order valence-corrected chi connectivity index (χ1v) is 7.32. The fourth-order valence-electron chi connectivity index (χ4n) is 2.35. The summed E-state index contributed by atoms with van der Waals surface area (Å²) in [6, 6.07) is 0.404. The average molecular weight is 284 g/mol. The van der Waals surface area contributed by atoms with Gasteiger partial charge < -0.3 is 20.3 Å². The lowest BCUT2D eigenvalue weighted by molar-refractivity contribution is -0.0922. The molecule has 0 spiro atoms. The van der Waals surface area contributed by atoms with Gasteiger partial charge in [0.1, 0.15) is 0 Å². The van der Waals surface area contributed by atoms with Crippen LogP contribution >= 0.6 is 0 Å². The molecule has 1 aliphatic carbocycles. The minimum absolute atomic E-state index is 0.0851. The first-order valence-electron chi connectivity index (χ1n) is 7.32. The molecule has 2 unspecified atom stereocenters. The molecule has 0 aliphatic heterocycles. The number of nitrogens with one attached hydrogen (secondary N) is 2. The van der Waals surface area contributed by atoms with Crippen molar-refractivity contribution in [3.05, 3.63) is 0 Å². The molecule has 1 saturated carbocycles. The number of hydrogen-bond donors (Lipinski definition) is 2. The van der Waals surface area contributed by atoms with Gasteiger partial charge in [0, 0.05) is 37.7 Å². The number of guanidine groups is 1. The van der Waals surface area contributed by atoms with Gasteiger partial charge in [-0.15, -0.1) is 0 Å². The summed E-state index contributed by atoms with van der Waals surface area (Å²) in [5, 5.41) is 6.93. The van der Waals surface area contributed by atoms with Gasteiger partial charge in [0.25, 0.3) is 0 Å². The van der Waals surface area contributed by atoms with Crippen LogP contribution in [0.3, 0.4) is 0 Å². The maximum atomic E-state index is 5.49. The van der Waals surface area contributed by atoms with Crippen LogP contribution in [0, 0.1) is 5.41 Å². The Kier molecular flexibility index (Phi) is 5.44. The lowest BCUT2D eigenvalue weighted by Gasteiger charge is -2.51. The van der Waals surface area contributed by atoms with Gasteiger partial charge in [0.05, 0.1) is 6.10 Å². The van der Waals surface area contributed by atoms with E-state index in [1.54, 1.807) is 7.11 Å². The zero-order chi connectivity index (χ0) is 15.6. The summed E-state index contributed by atoms with van der Waals surface area (Å²) < 4.78 is 5.49. The Morgan fingerprint density at radius 1 is 1.40 bits per heavy atom. The van der Waals surface area contributed by atoms with Crippen molar-refractivity contribution in [2.24, 2.45) is 10.4 Å². The Bertz CT molecular complexity index is 350. The van der Waals surface area contributed by atoms with E-state index in [9.17, 15) is 0 Å². The van der Waals surface area contributed by atoms with E-state index in [2.05, 4.69) is 62.3 Å². The quantitative estimate of drug-likeness (QED) is 0.590. The van der Waals surface area contributed by atoms with Gasteiger partial charge in [0.15, 0.2) is 5.96 Å². The summed E-state index contributed by atoms with van der Waals surface area (Å²) in [7, 11) is 7.79. The molecule has 118 valence electrons. The largest absolute Gasteiger partial charge is 0.381 e. The number of nitrogens with zero attached hydrogens (tertiary/aromatic N) is 2. The van der Waals surface area contributed by atoms with Gasteiger partial charge in [-0.05, 0) is 34.4 Å².